The summed E-state index contributed by atoms with van der Waals surface area (Å²) in [5.41, 5.74) is 6.67. The van der Waals surface area contributed by atoms with E-state index in [1.165, 1.54) is 12.3 Å². The number of nitrogens with two attached hydrogens (primary N) is 1. The average Bonchev–Trinajstić information content (AvgIpc) is 2.83. The van der Waals surface area contributed by atoms with Gasteiger partial charge in [0, 0.05) is 5.69 Å². The van der Waals surface area contributed by atoms with Crippen molar-refractivity contribution in [2.45, 2.75) is 18.4 Å². The van der Waals surface area contributed by atoms with Crippen molar-refractivity contribution < 1.29 is 12.8 Å². The van der Waals surface area contributed by atoms with Gasteiger partial charge < -0.3 is 10.2 Å². The normalized spacial score (nSPS) is 11.6. The molecule has 0 bridgehead atoms. The smallest absolute Gasteiger partial charge is 0.241 e. The summed E-state index contributed by atoms with van der Waals surface area (Å²) in [6.45, 7) is 1.84. The quantitative estimate of drug-likeness (QED) is 0.824. The monoisotopic (exact) mass is 266 g/mol. The zero-order valence-corrected chi connectivity index (χ0v) is 10.7. The number of benzene rings is 1. The van der Waals surface area contributed by atoms with Gasteiger partial charge in [0.05, 0.1) is 17.7 Å². The van der Waals surface area contributed by atoms with Crippen LogP contribution in [-0.2, 0) is 16.6 Å². The summed E-state index contributed by atoms with van der Waals surface area (Å²) in [4.78, 5) is 0.189. The molecule has 1 heterocycles. The Labute approximate surface area is 106 Å². The Balaban J connectivity index is 2.22. The molecule has 0 saturated heterocycles. The predicted octanol–water partition coefficient (Wildman–Crippen LogP) is 1.65. The van der Waals surface area contributed by atoms with Gasteiger partial charge in [-0.3, -0.25) is 0 Å². The second-order valence-corrected chi connectivity index (χ2v) is 5.66. The molecule has 0 unspecified atom stereocenters. The molecule has 0 spiro atoms. The second kappa shape index (κ2) is 4.83. The number of furan rings is 1. The van der Waals surface area contributed by atoms with Crippen molar-refractivity contribution in [3.05, 3.63) is 47.9 Å². The number of nitrogens with one attached hydrogen (secondary N) is 1. The molecule has 0 aliphatic rings. The molecule has 0 aliphatic carbocycles. The minimum Gasteiger partial charge on any atom is -0.468 e. The lowest BCUT2D eigenvalue weighted by Gasteiger charge is -2.09. The van der Waals surface area contributed by atoms with Gasteiger partial charge in [-0.25, -0.2) is 13.1 Å². The van der Waals surface area contributed by atoms with Crippen LogP contribution in [-0.4, -0.2) is 8.42 Å². The van der Waals surface area contributed by atoms with Crippen molar-refractivity contribution >= 4 is 15.7 Å². The Bertz CT molecular complexity index is 633. The molecule has 1 aromatic carbocycles. The highest BCUT2D eigenvalue weighted by Crippen LogP contribution is 2.18. The summed E-state index contributed by atoms with van der Waals surface area (Å²) in [7, 11) is -3.58. The van der Waals surface area contributed by atoms with Gasteiger partial charge in [0.15, 0.2) is 0 Å². The predicted molar refractivity (Wildman–Crippen MR) is 68.3 cm³/mol. The van der Waals surface area contributed by atoms with E-state index in [2.05, 4.69) is 4.72 Å². The average molecular weight is 266 g/mol. The number of aryl methyl sites for hydroxylation is 1. The van der Waals surface area contributed by atoms with Gasteiger partial charge in [0.25, 0.3) is 0 Å². The van der Waals surface area contributed by atoms with Crippen molar-refractivity contribution in [2.24, 2.45) is 0 Å². The van der Waals surface area contributed by atoms with Crippen LogP contribution in [0.1, 0.15) is 11.3 Å². The molecule has 18 heavy (non-hydrogen) atoms. The van der Waals surface area contributed by atoms with Crippen LogP contribution in [0.5, 0.6) is 0 Å². The maximum atomic E-state index is 12.1. The molecule has 0 fully saturated rings. The van der Waals surface area contributed by atoms with E-state index >= 15 is 0 Å². The third kappa shape index (κ3) is 2.72. The van der Waals surface area contributed by atoms with E-state index < -0.39 is 10.0 Å². The van der Waals surface area contributed by atoms with Gasteiger partial charge >= 0.3 is 0 Å². The molecule has 6 heteroatoms. The first kappa shape index (κ1) is 12.7. The number of nitrogen functional groups attached to an aromatic ring is 1. The Kier molecular flexibility index (Phi) is 3.40. The van der Waals surface area contributed by atoms with Gasteiger partial charge in [0.2, 0.25) is 10.0 Å². The SMILES string of the molecule is Cc1ccc(N)cc1S(=O)(=O)NCc1ccco1. The van der Waals surface area contributed by atoms with Crippen LogP contribution in [0.2, 0.25) is 0 Å². The fraction of sp³-hybridized carbons (Fsp3) is 0.167. The van der Waals surface area contributed by atoms with Gasteiger partial charge in [-0.05, 0) is 36.8 Å². The molecule has 96 valence electrons. The zero-order chi connectivity index (χ0) is 13.2. The van der Waals surface area contributed by atoms with Crippen molar-refractivity contribution in [1.82, 2.24) is 4.72 Å². The third-order valence-corrected chi connectivity index (χ3v) is 4.06. The van der Waals surface area contributed by atoms with Crippen LogP contribution in [0.15, 0.2) is 45.9 Å². The van der Waals surface area contributed by atoms with E-state index in [9.17, 15) is 8.42 Å². The second-order valence-electron chi connectivity index (χ2n) is 3.93. The van der Waals surface area contributed by atoms with E-state index in [4.69, 9.17) is 10.2 Å². The van der Waals surface area contributed by atoms with Gasteiger partial charge in [-0.1, -0.05) is 6.07 Å². The van der Waals surface area contributed by atoms with Crippen LogP contribution in [0.25, 0.3) is 0 Å². The molecule has 3 N–H and O–H groups in total. The molecule has 2 rings (SSSR count). The Morgan fingerprint density at radius 3 is 2.78 bits per heavy atom. The minimum atomic E-state index is -3.58. The topological polar surface area (TPSA) is 85.3 Å². The first-order valence-electron chi connectivity index (χ1n) is 5.37. The van der Waals surface area contributed by atoms with Crippen molar-refractivity contribution in [1.29, 1.82) is 0 Å². The number of rotatable bonds is 4. The zero-order valence-electron chi connectivity index (χ0n) is 9.88. The molecule has 0 aliphatic heterocycles. The van der Waals surface area contributed by atoms with Crippen LogP contribution in [0.3, 0.4) is 0 Å². The van der Waals surface area contributed by atoms with Crippen LogP contribution in [0.4, 0.5) is 5.69 Å². The summed E-state index contributed by atoms with van der Waals surface area (Å²) in [6.07, 6.45) is 1.50. The van der Waals surface area contributed by atoms with E-state index in [0.29, 0.717) is 17.0 Å². The molecule has 0 radical (unpaired) electrons. The summed E-state index contributed by atoms with van der Waals surface area (Å²) in [6, 6.07) is 8.20. The number of hydrogen-bond acceptors (Lipinski definition) is 4. The van der Waals surface area contributed by atoms with Gasteiger partial charge in [-0.15, -0.1) is 0 Å². The Morgan fingerprint density at radius 1 is 1.33 bits per heavy atom. The van der Waals surface area contributed by atoms with Crippen LogP contribution in [0, 0.1) is 6.92 Å². The summed E-state index contributed by atoms with van der Waals surface area (Å²) in [5.74, 6) is 0.556. The summed E-state index contributed by atoms with van der Waals surface area (Å²) < 4.78 is 31.7. The van der Waals surface area contributed by atoms with E-state index in [0.717, 1.165) is 0 Å². The highest BCUT2D eigenvalue weighted by molar-refractivity contribution is 7.89. The van der Waals surface area contributed by atoms with E-state index in [1.807, 2.05) is 0 Å². The van der Waals surface area contributed by atoms with Gasteiger partial charge in [-0.2, -0.15) is 0 Å². The first-order chi connectivity index (χ1) is 8.49. The van der Waals surface area contributed by atoms with Crippen molar-refractivity contribution in [3.63, 3.8) is 0 Å². The highest BCUT2D eigenvalue weighted by Gasteiger charge is 2.17. The van der Waals surface area contributed by atoms with Crippen LogP contribution >= 0.6 is 0 Å². The molecular weight excluding hydrogens is 252 g/mol. The first-order valence-corrected chi connectivity index (χ1v) is 6.85. The van der Waals surface area contributed by atoms with Crippen molar-refractivity contribution in [3.8, 4) is 0 Å². The Morgan fingerprint density at radius 2 is 2.11 bits per heavy atom. The van der Waals surface area contributed by atoms with Crippen molar-refractivity contribution in [2.75, 3.05) is 5.73 Å². The minimum absolute atomic E-state index is 0.115. The van der Waals surface area contributed by atoms with Crippen LogP contribution < -0.4 is 10.5 Å². The largest absolute Gasteiger partial charge is 0.468 e. The van der Waals surface area contributed by atoms with E-state index in [-0.39, 0.29) is 11.4 Å². The molecule has 5 nitrogen and oxygen atoms in total. The fourth-order valence-electron chi connectivity index (χ4n) is 1.56. The lowest BCUT2D eigenvalue weighted by atomic mass is 10.2. The maximum absolute atomic E-state index is 12.1. The lowest BCUT2D eigenvalue weighted by Crippen LogP contribution is -2.23. The molecule has 0 amide bonds. The van der Waals surface area contributed by atoms with Gasteiger partial charge in [0.1, 0.15) is 5.76 Å². The molecule has 2 aromatic rings. The third-order valence-electron chi connectivity index (χ3n) is 2.52. The lowest BCUT2D eigenvalue weighted by molar-refractivity contribution is 0.498. The molecular formula is C12H14N2O3S. The fourth-order valence-corrected chi connectivity index (χ4v) is 2.83. The summed E-state index contributed by atoms with van der Waals surface area (Å²) >= 11 is 0. The number of anilines is 1. The molecule has 0 saturated carbocycles. The highest BCUT2D eigenvalue weighted by atomic mass is 32.2. The summed E-state index contributed by atoms with van der Waals surface area (Å²) in [5, 5.41) is 0. The standard InChI is InChI=1S/C12H14N2O3S/c1-9-4-5-10(13)7-12(9)18(15,16)14-8-11-3-2-6-17-11/h2-7,14H,8,13H2,1H3. The van der Waals surface area contributed by atoms with E-state index in [1.54, 1.807) is 31.2 Å². The molecule has 0 atom stereocenters. The maximum Gasteiger partial charge on any atom is 0.241 e. The number of sulfonamides is 1. The Hall–Kier alpha value is -1.79. The molecule has 1 aromatic heterocycles. The number of hydrogen-bond donors (Lipinski definition) is 2.